The molecule has 2 aromatic carbocycles. The number of nitrogens with zero attached hydrogens (tertiary/aromatic N) is 2. The Hall–Kier alpha value is -2.05. The zero-order valence-electron chi connectivity index (χ0n) is 11.9. The van der Waals surface area contributed by atoms with Crippen molar-refractivity contribution in [3.8, 4) is 16.3 Å². The first-order valence-corrected chi connectivity index (χ1v) is 8.80. The minimum atomic E-state index is -1.16. The van der Waals surface area contributed by atoms with Crippen molar-refractivity contribution in [2.75, 3.05) is 7.11 Å². The Balaban J connectivity index is 1.76. The molecule has 112 valence electrons. The van der Waals surface area contributed by atoms with Gasteiger partial charge in [-0.15, -0.1) is 10.2 Å². The second-order valence-corrected chi connectivity index (χ2v) is 7.05. The lowest BCUT2D eigenvalue weighted by molar-refractivity contribution is 0.413. The van der Waals surface area contributed by atoms with Gasteiger partial charge in [-0.2, -0.15) is 0 Å². The lowest BCUT2D eigenvalue weighted by Gasteiger charge is -2.03. The first-order chi connectivity index (χ1) is 10.8. The molecule has 0 saturated carbocycles. The van der Waals surface area contributed by atoms with Gasteiger partial charge in [0.2, 0.25) is 0 Å². The van der Waals surface area contributed by atoms with Crippen molar-refractivity contribution >= 4 is 22.1 Å². The zero-order valence-corrected chi connectivity index (χ0v) is 13.6. The normalized spacial score (nSPS) is 12.0. The van der Waals surface area contributed by atoms with E-state index in [1.807, 2.05) is 48.5 Å². The van der Waals surface area contributed by atoms with Crippen LogP contribution in [0.3, 0.4) is 0 Å². The summed E-state index contributed by atoms with van der Waals surface area (Å²) < 4.78 is 17.6. The highest BCUT2D eigenvalue weighted by atomic mass is 32.2. The molecule has 1 aromatic heterocycles. The summed E-state index contributed by atoms with van der Waals surface area (Å²) in [4.78, 5) is 0.732. The highest BCUT2D eigenvalue weighted by Crippen LogP contribution is 2.25. The molecule has 0 aliphatic rings. The third kappa shape index (κ3) is 3.40. The molecule has 0 fully saturated rings. The largest absolute Gasteiger partial charge is 0.497 e. The van der Waals surface area contributed by atoms with Crippen LogP contribution in [0.25, 0.3) is 10.6 Å². The van der Waals surface area contributed by atoms with E-state index in [4.69, 9.17) is 4.74 Å². The van der Waals surface area contributed by atoms with Crippen molar-refractivity contribution in [2.45, 2.75) is 10.6 Å². The lowest BCUT2D eigenvalue weighted by atomic mass is 10.2. The highest BCUT2D eigenvalue weighted by Gasteiger charge is 2.11. The summed E-state index contributed by atoms with van der Waals surface area (Å²) in [6.07, 6.45) is 0. The smallest absolute Gasteiger partial charge is 0.147 e. The molecule has 0 spiro atoms. The number of hydrogen-bond acceptors (Lipinski definition) is 5. The van der Waals surface area contributed by atoms with Crippen molar-refractivity contribution in [3.63, 3.8) is 0 Å². The number of methoxy groups -OCH3 is 1. The van der Waals surface area contributed by atoms with Crippen molar-refractivity contribution in [1.82, 2.24) is 10.2 Å². The van der Waals surface area contributed by atoms with Crippen LogP contribution in [0, 0.1) is 0 Å². The quantitative estimate of drug-likeness (QED) is 0.718. The number of aromatic nitrogens is 2. The molecule has 1 heterocycles. The van der Waals surface area contributed by atoms with Gasteiger partial charge in [-0.25, -0.2) is 0 Å². The Morgan fingerprint density at radius 2 is 1.91 bits per heavy atom. The van der Waals surface area contributed by atoms with Crippen LogP contribution in [0.2, 0.25) is 0 Å². The van der Waals surface area contributed by atoms with E-state index in [-0.39, 0.29) is 0 Å². The molecule has 6 heteroatoms. The van der Waals surface area contributed by atoms with Gasteiger partial charge in [-0.05, 0) is 18.2 Å². The van der Waals surface area contributed by atoms with Crippen LogP contribution in [0.1, 0.15) is 5.01 Å². The molecule has 0 unspecified atom stereocenters. The zero-order chi connectivity index (χ0) is 15.4. The summed E-state index contributed by atoms with van der Waals surface area (Å²) in [5.74, 6) is 1.06. The Morgan fingerprint density at radius 3 is 2.68 bits per heavy atom. The molecule has 0 aliphatic heterocycles. The predicted molar refractivity (Wildman–Crippen MR) is 88.5 cm³/mol. The second kappa shape index (κ2) is 6.81. The first-order valence-electron chi connectivity index (χ1n) is 6.66. The number of rotatable bonds is 5. The van der Waals surface area contributed by atoms with Gasteiger partial charge in [0.05, 0.1) is 23.7 Å². The molecular weight excluding hydrogens is 316 g/mol. The average Bonchev–Trinajstić information content (AvgIpc) is 3.04. The van der Waals surface area contributed by atoms with E-state index < -0.39 is 10.8 Å². The van der Waals surface area contributed by atoms with E-state index >= 15 is 0 Å². The molecule has 0 amide bonds. The van der Waals surface area contributed by atoms with E-state index in [9.17, 15) is 4.21 Å². The molecule has 4 nitrogen and oxygen atoms in total. The number of ether oxygens (including phenoxy) is 1. The molecule has 3 rings (SSSR count). The SMILES string of the molecule is COc1cccc([S@](=O)Cc2nnc(-c3ccccc3)s2)c1. The van der Waals surface area contributed by atoms with Gasteiger partial charge in [0, 0.05) is 10.5 Å². The molecule has 3 aromatic rings. The summed E-state index contributed by atoms with van der Waals surface area (Å²) in [6, 6.07) is 17.2. The van der Waals surface area contributed by atoms with Gasteiger partial charge in [0.1, 0.15) is 15.8 Å². The Labute approximate surface area is 135 Å². The van der Waals surface area contributed by atoms with Gasteiger partial charge in [0.15, 0.2) is 0 Å². The van der Waals surface area contributed by atoms with Crippen molar-refractivity contribution in [1.29, 1.82) is 0 Å². The molecule has 1 atom stereocenters. The van der Waals surface area contributed by atoms with Crippen LogP contribution in [0.15, 0.2) is 59.5 Å². The van der Waals surface area contributed by atoms with E-state index in [1.54, 1.807) is 13.2 Å². The van der Waals surface area contributed by atoms with Crippen LogP contribution in [-0.2, 0) is 16.6 Å². The fourth-order valence-corrected chi connectivity index (χ4v) is 4.07. The maximum absolute atomic E-state index is 12.4. The maximum Gasteiger partial charge on any atom is 0.147 e. The van der Waals surface area contributed by atoms with E-state index in [1.165, 1.54) is 11.3 Å². The fraction of sp³-hybridized carbons (Fsp3) is 0.125. The first kappa shape index (κ1) is 14.9. The topological polar surface area (TPSA) is 52.1 Å². The van der Waals surface area contributed by atoms with Crippen LogP contribution in [0.5, 0.6) is 5.75 Å². The summed E-state index contributed by atoms with van der Waals surface area (Å²) >= 11 is 1.47. The maximum atomic E-state index is 12.4. The molecule has 0 radical (unpaired) electrons. The fourth-order valence-electron chi connectivity index (χ4n) is 1.95. The number of benzene rings is 2. The van der Waals surface area contributed by atoms with Gasteiger partial charge >= 0.3 is 0 Å². The summed E-state index contributed by atoms with van der Waals surface area (Å²) in [7, 11) is 0.435. The van der Waals surface area contributed by atoms with E-state index in [0.29, 0.717) is 11.5 Å². The molecule has 0 bridgehead atoms. The van der Waals surface area contributed by atoms with Crippen LogP contribution >= 0.6 is 11.3 Å². The third-order valence-corrected chi connectivity index (χ3v) is 5.52. The average molecular weight is 330 g/mol. The second-order valence-electron chi connectivity index (χ2n) is 4.54. The molecular formula is C16H14N2O2S2. The van der Waals surface area contributed by atoms with E-state index in [0.717, 1.165) is 20.5 Å². The van der Waals surface area contributed by atoms with E-state index in [2.05, 4.69) is 10.2 Å². The summed E-state index contributed by atoms with van der Waals surface area (Å²) in [5, 5.41) is 9.93. The molecule has 22 heavy (non-hydrogen) atoms. The Kier molecular flexibility index (Phi) is 4.60. The van der Waals surface area contributed by atoms with Crippen LogP contribution in [-0.4, -0.2) is 21.5 Å². The Bertz CT molecular complexity index is 788. The standard InChI is InChI=1S/C16H14N2O2S2/c1-20-13-8-5-9-14(10-13)22(19)11-15-17-18-16(21-15)12-6-3-2-4-7-12/h2-10H,11H2,1H3/t22-/m1/s1. The molecule has 0 N–H and O–H groups in total. The van der Waals surface area contributed by atoms with Crippen LogP contribution < -0.4 is 4.74 Å². The van der Waals surface area contributed by atoms with Crippen LogP contribution in [0.4, 0.5) is 0 Å². The predicted octanol–water partition coefficient (Wildman–Crippen LogP) is 3.52. The minimum absolute atomic E-state index is 0.359. The van der Waals surface area contributed by atoms with Crippen molar-refractivity contribution < 1.29 is 8.95 Å². The minimum Gasteiger partial charge on any atom is -0.497 e. The van der Waals surface area contributed by atoms with Crippen molar-refractivity contribution in [3.05, 3.63) is 59.6 Å². The van der Waals surface area contributed by atoms with Gasteiger partial charge < -0.3 is 4.74 Å². The van der Waals surface area contributed by atoms with Crippen molar-refractivity contribution in [2.24, 2.45) is 0 Å². The summed E-state index contributed by atoms with van der Waals surface area (Å²) in [5.41, 5.74) is 1.03. The Morgan fingerprint density at radius 1 is 1.09 bits per heavy atom. The third-order valence-electron chi connectivity index (χ3n) is 3.05. The monoisotopic (exact) mass is 330 g/mol. The van der Waals surface area contributed by atoms with Gasteiger partial charge in [-0.1, -0.05) is 47.7 Å². The molecule has 0 saturated heterocycles. The molecule has 0 aliphatic carbocycles. The van der Waals surface area contributed by atoms with Gasteiger partial charge in [-0.3, -0.25) is 4.21 Å². The lowest BCUT2D eigenvalue weighted by Crippen LogP contribution is -1.96. The van der Waals surface area contributed by atoms with Gasteiger partial charge in [0.25, 0.3) is 0 Å². The highest BCUT2D eigenvalue weighted by molar-refractivity contribution is 7.84. The summed E-state index contributed by atoms with van der Waals surface area (Å²) in [6.45, 7) is 0. The number of hydrogen-bond donors (Lipinski definition) is 0.